The Morgan fingerprint density at radius 2 is 1.42 bits per heavy atom. The molecular weight excluding hydrogens is 354 g/mol. The van der Waals surface area contributed by atoms with Gasteiger partial charge < -0.3 is 14.3 Å². The maximum atomic E-state index is 12.4. The normalized spacial score (nSPS) is 13.3. The van der Waals surface area contributed by atoms with Gasteiger partial charge in [0.05, 0.1) is 4.90 Å². The molecule has 0 saturated carbocycles. The number of carbonyl (C=O) groups excluding carboxylic acids is 1. The molecule has 6 nitrogen and oxygen atoms in total. The first-order chi connectivity index (χ1) is 12.3. The summed E-state index contributed by atoms with van der Waals surface area (Å²) in [5, 5.41) is 0. The van der Waals surface area contributed by atoms with Gasteiger partial charge >= 0.3 is 0 Å². The third-order valence-electron chi connectivity index (χ3n) is 3.36. The van der Waals surface area contributed by atoms with E-state index in [-0.39, 0.29) is 0 Å². The highest BCUT2D eigenvalue weighted by Crippen LogP contribution is 2.26. The number of nitrogens with zero attached hydrogens (tertiary/aromatic N) is 1. The monoisotopic (exact) mass is 389 g/mol. The van der Waals surface area contributed by atoms with Crippen molar-refractivity contribution in [3.8, 4) is 0 Å². The van der Waals surface area contributed by atoms with E-state index in [0.717, 1.165) is 36.9 Å². The minimum absolute atomic E-state index is 0.497. The van der Waals surface area contributed by atoms with Gasteiger partial charge in [0.15, 0.2) is 0 Å². The standard InChI is InChI=1S/C12H17NO2S.C3H8O.C2H6O.C2H4O/c1-10-6-5-7-11(2)12(10)16(14,15)13-8-3-4-9-13;1-3-4-2;1-3-2;1-2-3/h5-7H,3-4,8-9H2,1-2H3;3H2,1-2H3;1-2H3;2H,1H3. The number of aldehydes is 1. The Bertz CT molecular complexity index is 559. The molecule has 1 aliphatic rings. The summed E-state index contributed by atoms with van der Waals surface area (Å²) >= 11 is 0. The molecule has 0 atom stereocenters. The Morgan fingerprint density at radius 1 is 1.08 bits per heavy atom. The van der Waals surface area contributed by atoms with E-state index in [1.54, 1.807) is 25.6 Å². The van der Waals surface area contributed by atoms with Gasteiger partial charge in [-0.2, -0.15) is 4.31 Å². The van der Waals surface area contributed by atoms with Crippen molar-refractivity contribution < 1.29 is 22.7 Å². The summed E-state index contributed by atoms with van der Waals surface area (Å²) < 4.78 is 35.2. The highest BCUT2D eigenvalue weighted by molar-refractivity contribution is 7.89. The van der Waals surface area contributed by atoms with E-state index in [2.05, 4.69) is 9.47 Å². The average Bonchev–Trinajstić information content (AvgIpc) is 3.11. The fourth-order valence-corrected chi connectivity index (χ4v) is 4.21. The fraction of sp³-hybridized carbons (Fsp3) is 0.632. The van der Waals surface area contributed by atoms with Gasteiger partial charge in [0.2, 0.25) is 10.0 Å². The van der Waals surface area contributed by atoms with Crippen molar-refractivity contribution >= 4 is 16.3 Å². The highest BCUT2D eigenvalue weighted by atomic mass is 32.2. The van der Waals surface area contributed by atoms with Crippen LogP contribution in [0.3, 0.4) is 0 Å². The van der Waals surface area contributed by atoms with E-state index < -0.39 is 10.0 Å². The van der Waals surface area contributed by atoms with Gasteiger partial charge in [-0.15, -0.1) is 0 Å². The Labute approximate surface area is 159 Å². The zero-order chi connectivity index (χ0) is 20.6. The minimum atomic E-state index is -3.27. The Morgan fingerprint density at radius 3 is 1.73 bits per heavy atom. The molecule has 152 valence electrons. The van der Waals surface area contributed by atoms with Gasteiger partial charge in [-0.1, -0.05) is 18.2 Å². The van der Waals surface area contributed by atoms with E-state index in [0.29, 0.717) is 18.0 Å². The number of carbonyl (C=O) groups is 1. The van der Waals surface area contributed by atoms with Crippen LogP contribution < -0.4 is 0 Å². The van der Waals surface area contributed by atoms with E-state index in [9.17, 15) is 8.42 Å². The summed E-state index contributed by atoms with van der Waals surface area (Å²) in [5.41, 5.74) is 1.68. The lowest BCUT2D eigenvalue weighted by Crippen LogP contribution is -2.29. The second-order valence-electron chi connectivity index (χ2n) is 5.55. The topological polar surface area (TPSA) is 72.9 Å². The van der Waals surface area contributed by atoms with Crippen LogP contribution in [0, 0.1) is 13.8 Å². The first-order valence-corrected chi connectivity index (χ1v) is 10.1. The maximum absolute atomic E-state index is 12.4. The first-order valence-electron chi connectivity index (χ1n) is 8.63. The Hall–Kier alpha value is -1.28. The lowest BCUT2D eigenvalue weighted by molar-refractivity contribution is -0.106. The summed E-state index contributed by atoms with van der Waals surface area (Å²) in [6.45, 7) is 9.26. The van der Waals surface area contributed by atoms with E-state index in [4.69, 9.17) is 4.79 Å². The zero-order valence-electron chi connectivity index (χ0n) is 17.2. The molecule has 0 N–H and O–H groups in total. The SMILES string of the molecule is CC=O.CCOC.COC.Cc1cccc(C)c1S(=O)(=O)N1CCCC1. The third-order valence-corrected chi connectivity index (χ3v) is 5.57. The van der Waals surface area contributed by atoms with Crippen molar-refractivity contribution in [1.29, 1.82) is 0 Å². The van der Waals surface area contributed by atoms with Crippen LogP contribution in [-0.2, 0) is 24.3 Å². The largest absolute Gasteiger partial charge is 0.388 e. The lowest BCUT2D eigenvalue weighted by Gasteiger charge is -2.18. The molecule has 0 amide bonds. The average molecular weight is 390 g/mol. The second-order valence-corrected chi connectivity index (χ2v) is 7.43. The summed E-state index contributed by atoms with van der Waals surface area (Å²) in [6, 6.07) is 5.61. The van der Waals surface area contributed by atoms with Crippen LogP contribution in [0.1, 0.15) is 37.8 Å². The van der Waals surface area contributed by atoms with Gasteiger partial charge in [0.25, 0.3) is 0 Å². The van der Waals surface area contributed by atoms with Gasteiger partial charge in [-0.05, 0) is 51.7 Å². The van der Waals surface area contributed by atoms with Crippen molar-refractivity contribution in [1.82, 2.24) is 4.31 Å². The van der Waals surface area contributed by atoms with Crippen molar-refractivity contribution in [3.63, 3.8) is 0 Å². The number of sulfonamides is 1. The summed E-state index contributed by atoms with van der Waals surface area (Å²) in [4.78, 5) is 9.30. The van der Waals surface area contributed by atoms with Crippen molar-refractivity contribution in [2.45, 2.75) is 45.4 Å². The van der Waals surface area contributed by atoms with Crippen LogP contribution in [-0.4, -0.2) is 60.0 Å². The number of benzene rings is 1. The predicted octanol–water partition coefficient (Wildman–Crippen LogP) is 3.21. The molecule has 0 radical (unpaired) electrons. The molecule has 1 heterocycles. The molecule has 1 aliphatic heterocycles. The lowest BCUT2D eigenvalue weighted by atomic mass is 10.2. The first kappa shape index (κ1) is 26.9. The second kappa shape index (κ2) is 15.9. The van der Waals surface area contributed by atoms with E-state index >= 15 is 0 Å². The van der Waals surface area contributed by atoms with Gasteiger partial charge in [0.1, 0.15) is 6.29 Å². The van der Waals surface area contributed by atoms with E-state index in [1.165, 1.54) is 6.92 Å². The molecule has 0 aromatic heterocycles. The van der Waals surface area contributed by atoms with Gasteiger partial charge in [0, 0.05) is 41.0 Å². The number of aryl methyl sites for hydroxylation is 2. The van der Waals surface area contributed by atoms with Crippen LogP contribution >= 0.6 is 0 Å². The minimum Gasteiger partial charge on any atom is -0.388 e. The number of ether oxygens (including phenoxy) is 2. The van der Waals surface area contributed by atoms with Gasteiger partial charge in [-0.25, -0.2) is 8.42 Å². The van der Waals surface area contributed by atoms with Crippen LogP contribution in [0.25, 0.3) is 0 Å². The third kappa shape index (κ3) is 10.0. The molecule has 2 rings (SSSR count). The quantitative estimate of drug-likeness (QED) is 0.742. The molecule has 1 fully saturated rings. The maximum Gasteiger partial charge on any atom is 0.243 e. The van der Waals surface area contributed by atoms with Crippen LogP contribution in [0.5, 0.6) is 0 Å². The van der Waals surface area contributed by atoms with Gasteiger partial charge in [-0.3, -0.25) is 0 Å². The predicted molar refractivity (Wildman–Crippen MR) is 106 cm³/mol. The molecule has 26 heavy (non-hydrogen) atoms. The molecule has 1 aromatic rings. The van der Waals surface area contributed by atoms with Crippen molar-refractivity contribution in [2.75, 3.05) is 41.0 Å². The highest BCUT2D eigenvalue weighted by Gasteiger charge is 2.29. The smallest absolute Gasteiger partial charge is 0.243 e. The molecule has 0 spiro atoms. The van der Waals surface area contributed by atoms with Crippen LogP contribution in [0.2, 0.25) is 0 Å². The van der Waals surface area contributed by atoms with Crippen molar-refractivity contribution in [3.05, 3.63) is 29.3 Å². The number of methoxy groups -OCH3 is 2. The van der Waals surface area contributed by atoms with E-state index in [1.807, 2.05) is 39.0 Å². The fourth-order valence-electron chi connectivity index (χ4n) is 2.26. The molecule has 0 bridgehead atoms. The Kier molecular flexibility index (Phi) is 16.5. The van der Waals surface area contributed by atoms with Crippen LogP contribution in [0.4, 0.5) is 0 Å². The molecule has 1 saturated heterocycles. The summed E-state index contributed by atoms with van der Waals surface area (Å²) in [7, 11) is 1.66. The molecule has 1 aromatic carbocycles. The molecule has 0 unspecified atom stereocenters. The number of hydrogen-bond donors (Lipinski definition) is 0. The Balaban J connectivity index is 0. The molecule has 0 aliphatic carbocycles. The van der Waals surface area contributed by atoms with Crippen molar-refractivity contribution in [2.24, 2.45) is 0 Å². The number of hydrogen-bond acceptors (Lipinski definition) is 5. The molecular formula is C19H35NO5S. The summed E-state index contributed by atoms with van der Waals surface area (Å²) in [5.74, 6) is 0. The zero-order valence-corrected chi connectivity index (χ0v) is 18.1. The van der Waals surface area contributed by atoms with Crippen LogP contribution in [0.15, 0.2) is 23.1 Å². The number of rotatable bonds is 3. The summed E-state index contributed by atoms with van der Waals surface area (Å²) in [6.07, 6.45) is 2.70. The molecule has 7 heteroatoms.